The maximum absolute atomic E-state index is 4.40. The Labute approximate surface area is 109 Å². The molecule has 0 spiro atoms. The van der Waals surface area contributed by atoms with Crippen molar-refractivity contribution in [2.45, 2.75) is 19.9 Å². The van der Waals surface area contributed by atoms with Gasteiger partial charge in [0.15, 0.2) is 4.60 Å². The van der Waals surface area contributed by atoms with Crippen LogP contribution in [0, 0.1) is 0 Å². The van der Waals surface area contributed by atoms with Crippen molar-refractivity contribution in [2.24, 2.45) is 0 Å². The Morgan fingerprint density at radius 3 is 2.41 bits per heavy atom. The van der Waals surface area contributed by atoms with Crippen molar-refractivity contribution < 1.29 is 0 Å². The molecule has 1 aromatic carbocycles. The molecule has 0 saturated heterocycles. The van der Waals surface area contributed by atoms with Gasteiger partial charge in [-0.2, -0.15) is 9.90 Å². The maximum Gasteiger partial charge on any atom is 0.155 e. The average Bonchev–Trinajstić information content (AvgIpc) is 2.70. The van der Waals surface area contributed by atoms with Crippen LogP contribution in [0.25, 0.3) is 12.2 Å². The molecule has 88 valence electrons. The standard InChI is InChI=1S/C13H14BrN3/c1-10(2)17-15-12(13(14)16-17)9-8-11-6-4-3-5-7-11/h3-10H,1-2H3/b9-8+. The van der Waals surface area contributed by atoms with Crippen molar-refractivity contribution in [1.29, 1.82) is 0 Å². The predicted octanol–water partition coefficient (Wildman–Crippen LogP) is 3.79. The summed E-state index contributed by atoms with van der Waals surface area (Å²) in [5.74, 6) is 0. The van der Waals surface area contributed by atoms with Gasteiger partial charge in [0.25, 0.3) is 0 Å². The molecular weight excluding hydrogens is 278 g/mol. The molecule has 0 aliphatic carbocycles. The minimum absolute atomic E-state index is 0.269. The third kappa shape index (κ3) is 3.03. The molecule has 0 aliphatic heterocycles. The summed E-state index contributed by atoms with van der Waals surface area (Å²) in [4.78, 5) is 1.70. The van der Waals surface area contributed by atoms with Crippen LogP contribution in [0.2, 0.25) is 0 Å². The Morgan fingerprint density at radius 1 is 1.12 bits per heavy atom. The van der Waals surface area contributed by atoms with Crippen LogP contribution in [0.4, 0.5) is 0 Å². The Morgan fingerprint density at radius 2 is 1.82 bits per heavy atom. The molecule has 0 amide bonds. The Bertz CT molecular complexity index is 515. The smallest absolute Gasteiger partial charge is 0.155 e. The lowest BCUT2D eigenvalue weighted by Crippen LogP contribution is -2.04. The molecular formula is C13H14BrN3. The van der Waals surface area contributed by atoms with Gasteiger partial charge in [-0.25, -0.2) is 0 Å². The lowest BCUT2D eigenvalue weighted by Gasteiger charge is -2.00. The van der Waals surface area contributed by atoms with Crippen molar-refractivity contribution in [1.82, 2.24) is 15.0 Å². The minimum atomic E-state index is 0.269. The van der Waals surface area contributed by atoms with Gasteiger partial charge in [0.2, 0.25) is 0 Å². The van der Waals surface area contributed by atoms with Crippen LogP contribution in [0.1, 0.15) is 31.1 Å². The number of halogens is 1. The number of nitrogens with zero attached hydrogens (tertiary/aromatic N) is 3. The maximum atomic E-state index is 4.40. The van der Waals surface area contributed by atoms with E-state index in [2.05, 4.69) is 52.1 Å². The van der Waals surface area contributed by atoms with E-state index in [1.54, 1.807) is 4.80 Å². The molecule has 17 heavy (non-hydrogen) atoms. The van der Waals surface area contributed by atoms with Crippen molar-refractivity contribution in [2.75, 3.05) is 0 Å². The highest BCUT2D eigenvalue weighted by molar-refractivity contribution is 9.10. The topological polar surface area (TPSA) is 30.7 Å². The number of benzene rings is 1. The molecule has 4 heteroatoms. The highest BCUT2D eigenvalue weighted by Gasteiger charge is 2.07. The van der Waals surface area contributed by atoms with Gasteiger partial charge in [-0.15, -0.1) is 5.10 Å². The molecule has 0 aliphatic rings. The molecule has 0 radical (unpaired) electrons. The van der Waals surface area contributed by atoms with Gasteiger partial charge in [-0.3, -0.25) is 0 Å². The highest BCUT2D eigenvalue weighted by atomic mass is 79.9. The second kappa shape index (κ2) is 5.27. The summed E-state index contributed by atoms with van der Waals surface area (Å²) in [5.41, 5.74) is 2.00. The molecule has 0 atom stereocenters. The summed E-state index contributed by atoms with van der Waals surface area (Å²) in [7, 11) is 0. The van der Waals surface area contributed by atoms with Gasteiger partial charge >= 0.3 is 0 Å². The monoisotopic (exact) mass is 291 g/mol. The zero-order valence-corrected chi connectivity index (χ0v) is 11.4. The van der Waals surface area contributed by atoms with E-state index in [4.69, 9.17) is 0 Å². The molecule has 2 rings (SSSR count). The molecule has 1 aromatic heterocycles. The van der Waals surface area contributed by atoms with Crippen LogP contribution in [0.5, 0.6) is 0 Å². The Hall–Kier alpha value is -1.42. The lowest BCUT2D eigenvalue weighted by molar-refractivity contribution is 0.464. The summed E-state index contributed by atoms with van der Waals surface area (Å²) in [5, 5.41) is 8.69. The van der Waals surface area contributed by atoms with E-state index in [1.807, 2.05) is 30.4 Å². The third-order valence-corrected chi connectivity index (χ3v) is 2.87. The van der Waals surface area contributed by atoms with Crippen molar-refractivity contribution in [3.8, 4) is 0 Å². The minimum Gasteiger partial charge on any atom is -0.181 e. The summed E-state index contributed by atoms with van der Waals surface area (Å²) >= 11 is 3.41. The van der Waals surface area contributed by atoms with E-state index in [1.165, 1.54) is 0 Å². The predicted molar refractivity (Wildman–Crippen MR) is 73.5 cm³/mol. The molecule has 2 aromatic rings. The van der Waals surface area contributed by atoms with E-state index in [9.17, 15) is 0 Å². The van der Waals surface area contributed by atoms with E-state index >= 15 is 0 Å². The fourth-order valence-corrected chi connectivity index (χ4v) is 1.76. The quantitative estimate of drug-likeness (QED) is 0.861. The fourth-order valence-electron chi connectivity index (χ4n) is 1.39. The van der Waals surface area contributed by atoms with Crippen LogP contribution in [0.3, 0.4) is 0 Å². The largest absolute Gasteiger partial charge is 0.181 e. The van der Waals surface area contributed by atoms with E-state index in [0.717, 1.165) is 15.9 Å². The molecule has 0 unspecified atom stereocenters. The van der Waals surface area contributed by atoms with Crippen LogP contribution in [-0.4, -0.2) is 15.0 Å². The van der Waals surface area contributed by atoms with Crippen LogP contribution in [0.15, 0.2) is 34.9 Å². The molecule has 0 N–H and O–H groups in total. The van der Waals surface area contributed by atoms with Gasteiger partial charge in [0, 0.05) is 0 Å². The van der Waals surface area contributed by atoms with Gasteiger partial charge in [-0.05, 0) is 41.4 Å². The first kappa shape index (κ1) is 12.0. The zero-order chi connectivity index (χ0) is 12.3. The Kier molecular flexibility index (Phi) is 3.74. The zero-order valence-electron chi connectivity index (χ0n) is 9.84. The first-order valence-electron chi connectivity index (χ1n) is 5.52. The average molecular weight is 292 g/mol. The van der Waals surface area contributed by atoms with Crippen molar-refractivity contribution in [3.63, 3.8) is 0 Å². The molecule has 1 heterocycles. The van der Waals surface area contributed by atoms with Crippen molar-refractivity contribution in [3.05, 3.63) is 46.2 Å². The first-order valence-corrected chi connectivity index (χ1v) is 6.31. The number of aromatic nitrogens is 3. The molecule has 0 saturated carbocycles. The van der Waals surface area contributed by atoms with E-state index < -0.39 is 0 Å². The first-order chi connectivity index (χ1) is 8.16. The number of rotatable bonds is 3. The van der Waals surface area contributed by atoms with Crippen LogP contribution in [-0.2, 0) is 0 Å². The third-order valence-electron chi connectivity index (χ3n) is 2.31. The summed E-state index contributed by atoms with van der Waals surface area (Å²) in [6.07, 6.45) is 3.99. The second-order valence-electron chi connectivity index (χ2n) is 4.03. The highest BCUT2D eigenvalue weighted by Crippen LogP contribution is 2.16. The summed E-state index contributed by atoms with van der Waals surface area (Å²) in [6, 6.07) is 10.4. The SMILES string of the molecule is CC(C)n1nc(Br)c(/C=C/c2ccccc2)n1. The van der Waals surface area contributed by atoms with Crippen LogP contribution >= 0.6 is 15.9 Å². The Balaban J connectivity index is 2.22. The molecule has 3 nitrogen and oxygen atoms in total. The summed E-state index contributed by atoms with van der Waals surface area (Å²) in [6.45, 7) is 4.11. The summed E-state index contributed by atoms with van der Waals surface area (Å²) < 4.78 is 0.776. The molecule has 0 bridgehead atoms. The fraction of sp³-hybridized carbons (Fsp3) is 0.231. The van der Waals surface area contributed by atoms with Crippen LogP contribution < -0.4 is 0 Å². The van der Waals surface area contributed by atoms with E-state index in [-0.39, 0.29) is 6.04 Å². The van der Waals surface area contributed by atoms with E-state index in [0.29, 0.717) is 0 Å². The number of hydrogen-bond acceptors (Lipinski definition) is 2. The van der Waals surface area contributed by atoms with Gasteiger partial charge in [0.05, 0.1) is 6.04 Å². The van der Waals surface area contributed by atoms with Gasteiger partial charge < -0.3 is 0 Å². The lowest BCUT2D eigenvalue weighted by atomic mass is 10.2. The van der Waals surface area contributed by atoms with Gasteiger partial charge in [-0.1, -0.05) is 36.4 Å². The molecule has 0 fully saturated rings. The second-order valence-corrected chi connectivity index (χ2v) is 4.79. The van der Waals surface area contributed by atoms with Crippen molar-refractivity contribution >= 4 is 28.1 Å². The van der Waals surface area contributed by atoms with Gasteiger partial charge in [0.1, 0.15) is 5.69 Å². The normalized spacial score (nSPS) is 11.5. The number of hydrogen-bond donors (Lipinski definition) is 0.